The summed E-state index contributed by atoms with van der Waals surface area (Å²) < 4.78 is 0. The van der Waals surface area contributed by atoms with E-state index in [1.54, 1.807) is 6.20 Å². The van der Waals surface area contributed by atoms with Gasteiger partial charge in [-0.05, 0) is 37.8 Å². The number of nitrogens with one attached hydrogen (secondary N) is 1. The predicted octanol–water partition coefficient (Wildman–Crippen LogP) is 2.14. The molecule has 1 heterocycles. The normalized spacial score (nSPS) is 19.3. The molecule has 1 fully saturated rings. The Morgan fingerprint density at radius 2 is 2.27 bits per heavy atom. The second-order valence-corrected chi connectivity index (χ2v) is 4.43. The first kappa shape index (κ1) is 10.6. The standard InChI is InChI=1S/C12H19N3/c1-10(11-5-2-3-6-11)13-9-12-7-4-8-14-15-12/h4,7-8,10-11,13H,2-3,5-6,9H2,1H3. The molecule has 0 aliphatic heterocycles. The topological polar surface area (TPSA) is 37.8 Å². The Labute approximate surface area is 91.3 Å². The van der Waals surface area contributed by atoms with Crippen molar-refractivity contribution in [1.82, 2.24) is 15.5 Å². The second-order valence-electron chi connectivity index (χ2n) is 4.43. The number of hydrogen-bond acceptors (Lipinski definition) is 3. The van der Waals surface area contributed by atoms with Crippen molar-refractivity contribution >= 4 is 0 Å². The summed E-state index contributed by atoms with van der Waals surface area (Å²) in [5.74, 6) is 0.863. The minimum Gasteiger partial charge on any atom is -0.308 e. The SMILES string of the molecule is CC(NCc1cccnn1)C1CCCC1. The summed E-state index contributed by atoms with van der Waals surface area (Å²) in [5.41, 5.74) is 1.03. The van der Waals surface area contributed by atoms with Crippen LogP contribution in [0.25, 0.3) is 0 Å². The Bertz CT molecular complexity index is 280. The lowest BCUT2D eigenvalue weighted by molar-refractivity contribution is 0.378. The predicted molar refractivity (Wildman–Crippen MR) is 60.3 cm³/mol. The smallest absolute Gasteiger partial charge is 0.0769 e. The van der Waals surface area contributed by atoms with Gasteiger partial charge >= 0.3 is 0 Å². The molecule has 1 atom stereocenters. The molecule has 0 saturated heterocycles. The van der Waals surface area contributed by atoms with Gasteiger partial charge in [-0.3, -0.25) is 0 Å². The summed E-state index contributed by atoms with van der Waals surface area (Å²) in [5, 5.41) is 11.5. The Kier molecular flexibility index (Phi) is 3.67. The lowest BCUT2D eigenvalue weighted by Gasteiger charge is -2.19. The molecule has 1 aromatic heterocycles. The van der Waals surface area contributed by atoms with Crippen molar-refractivity contribution in [3.05, 3.63) is 24.0 Å². The van der Waals surface area contributed by atoms with Gasteiger partial charge in [-0.15, -0.1) is 0 Å². The van der Waals surface area contributed by atoms with Gasteiger partial charge in [0.2, 0.25) is 0 Å². The molecule has 1 unspecified atom stereocenters. The van der Waals surface area contributed by atoms with Gasteiger partial charge in [-0.25, -0.2) is 0 Å². The summed E-state index contributed by atoms with van der Waals surface area (Å²) >= 11 is 0. The highest BCUT2D eigenvalue weighted by Gasteiger charge is 2.20. The lowest BCUT2D eigenvalue weighted by atomic mass is 10.00. The molecule has 0 amide bonds. The first-order chi connectivity index (χ1) is 7.36. The molecule has 1 N–H and O–H groups in total. The zero-order valence-electron chi connectivity index (χ0n) is 9.32. The quantitative estimate of drug-likeness (QED) is 0.818. The van der Waals surface area contributed by atoms with E-state index in [9.17, 15) is 0 Å². The molecule has 1 aliphatic carbocycles. The third-order valence-electron chi connectivity index (χ3n) is 3.34. The number of aromatic nitrogens is 2. The van der Waals surface area contributed by atoms with Crippen molar-refractivity contribution in [2.24, 2.45) is 5.92 Å². The van der Waals surface area contributed by atoms with E-state index in [0.29, 0.717) is 6.04 Å². The molecule has 3 nitrogen and oxygen atoms in total. The average Bonchev–Trinajstić information content (AvgIpc) is 2.81. The molecule has 1 aromatic rings. The van der Waals surface area contributed by atoms with E-state index in [2.05, 4.69) is 22.4 Å². The minimum absolute atomic E-state index is 0.606. The first-order valence-electron chi connectivity index (χ1n) is 5.86. The molecule has 2 rings (SSSR count). The number of rotatable bonds is 4. The van der Waals surface area contributed by atoms with E-state index in [-0.39, 0.29) is 0 Å². The summed E-state index contributed by atoms with van der Waals surface area (Å²) in [6.45, 7) is 3.12. The van der Waals surface area contributed by atoms with Crippen LogP contribution in [0, 0.1) is 5.92 Å². The Hall–Kier alpha value is -0.960. The van der Waals surface area contributed by atoms with Gasteiger partial charge in [-0.2, -0.15) is 10.2 Å². The Morgan fingerprint density at radius 3 is 2.93 bits per heavy atom. The summed E-state index contributed by atoms with van der Waals surface area (Å²) in [6.07, 6.45) is 7.29. The highest BCUT2D eigenvalue weighted by atomic mass is 15.1. The van der Waals surface area contributed by atoms with Crippen molar-refractivity contribution < 1.29 is 0 Å². The second kappa shape index (κ2) is 5.21. The largest absolute Gasteiger partial charge is 0.308 e. The van der Waals surface area contributed by atoms with Crippen LogP contribution in [-0.2, 0) is 6.54 Å². The van der Waals surface area contributed by atoms with Crippen molar-refractivity contribution in [1.29, 1.82) is 0 Å². The lowest BCUT2D eigenvalue weighted by Crippen LogP contribution is -2.32. The van der Waals surface area contributed by atoms with Crippen LogP contribution < -0.4 is 5.32 Å². The van der Waals surface area contributed by atoms with Crippen LogP contribution in [-0.4, -0.2) is 16.2 Å². The van der Waals surface area contributed by atoms with Crippen LogP contribution >= 0.6 is 0 Å². The summed E-state index contributed by atoms with van der Waals surface area (Å²) in [7, 11) is 0. The van der Waals surface area contributed by atoms with E-state index >= 15 is 0 Å². The molecule has 0 radical (unpaired) electrons. The summed E-state index contributed by atoms with van der Waals surface area (Å²) in [6, 6.07) is 4.56. The van der Waals surface area contributed by atoms with E-state index in [1.807, 2.05) is 12.1 Å². The maximum atomic E-state index is 4.06. The van der Waals surface area contributed by atoms with Crippen LogP contribution in [0.3, 0.4) is 0 Å². The van der Waals surface area contributed by atoms with Gasteiger partial charge in [0.1, 0.15) is 0 Å². The molecule has 0 bridgehead atoms. The van der Waals surface area contributed by atoms with E-state index in [1.165, 1.54) is 25.7 Å². The van der Waals surface area contributed by atoms with Crippen molar-refractivity contribution in [2.45, 2.75) is 45.2 Å². The Balaban J connectivity index is 1.77. The maximum Gasteiger partial charge on any atom is 0.0769 e. The number of hydrogen-bond donors (Lipinski definition) is 1. The monoisotopic (exact) mass is 205 g/mol. The zero-order chi connectivity index (χ0) is 10.5. The van der Waals surface area contributed by atoms with Gasteiger partial charge < -0.3 is 5.32 Å². The maximum absolute atomic E-state index is 4.06. The van der Waals surface area contributed by atoms with Gasteiger partial charge in [-0.1, -0.05) is 12.8 Å². The van der Waals surface area contributed by atoms with Crippen LogP contribution in [0.5, 0.6) is 0 Å². The van der Waals surface area contributed by atoms with Crippen LogP contribution in [0.4, 0.5) is 0 Å². The van der Waals surface area contributed by atoms with Gasteiger partial charge in [0.15, 0.2) is 0 Å². The van der Waals surface area contributed by atoms with Crippen LogP contribution in [0.15, 0.2) is 18.3 Å². The Morgan fingerprint density at radius 1 is 1.47 bits per heavy atom. The average molecular weight is 205 g/mol. The molecule has 3 heteroatoms. The third-order valence-corrected chi connectivity index (χ3v) is 3.34. The third kappa shape index (κ3) is 2.99. The molecular formula is C12H19N3. The molecular weight excluding hydrogens is 186 g/mol. The van der Waals surface area contributed by atoms with Crippen molar-refractivity contribution in [3.63, 3.8) is 0 Å². The molecule has 1 aliphatic rings. The van der Waals surface area contributed by atoms with Crippen molar-refractivity contribution in [3.8, 4) is 0 Å². The zero-order valence-corrected chi connectivity index (χ0v) is 9.32. The summed E-state index contributed by atoms with van der Waals surface area (Å²) in [4.78, 5) is 0. The van der Waals surface area contributed by atoms with Crippen LogP contribution in [0.2, 0.25) is 0 Å². The first-order valence-corrected chi connectivity index (χ1v) is 5.86. The van der Waals surface area contributed by atoms with Gasteiger partial charge in [0, 0.05) is 18.8 Å². The molecule has 0 aromatic carbocycles. The molecule has 82 valence electrons. The molecule has 0 spiro atoms. The minimum atomic E-state index is 0.606. The molecule has 15 heavy (non-hydrogen) atoms. The fraction of sp³-hybridized carbons (Fsp3) is 0.667. The fourth-order valence-corrected chi connectivity index (χ4v) is 2.32. The van der Waals surface area contributed by atoms with Crippen molar-refractivity contribution in [2.75, 3.05) is 0 Å². The number of nitrogens with zero attached hydrogens (tertiary/aromatic N) is 2. The van der Waals surface area contributed by atoms with Crippen LogP contribution in [0.1, 0.15) is 38.3 Å². The van der Waals surface area contributed by atoms with Gasteiger partial charge in [0.05, 0.1) is 5.69 Å². The fourth-order valence-electron chi connectivity index (χ4n) is 2.32. The van der Waals surface area contributed by atoms with E-state index in [0.717, 1.165) is 18.2 Å². The van der Waals surface area contributed by atoms with E-state index < -0.39 is 0 Å². The van der Waals surface area contributed by atoms with E-state index in [4.69, 9.17) is 0 Å². The highest BCUT2D eigenvalue weighted by Crippen LogP contribution is 2.27. The molecule has 1 saturated carbocycles. The van der Waals surface area contributed by atoms with Gasteiger partial charge in [0.25, 0.3) is 0 Å². The highest BCUT2D eigenvalue weighted by molar-refractivity contribution is 4.98.